The van der Waals surface area contributed by atoms with E-state index in [9.17, 15) is 9.59 Å². The number of amides is 1. The molecule has 1 aliphatic heterocycles. The maximum atomic E-state index is 13.2. The van der Waals surface area contributed by atoms with Crippen LogP contribution in [0.4, 0.5) is 0 Å². The number of esters is 1. The molecule has 3 rings (SSSR count). The minimum Gasteiger partial charge on any atom is -0.496 e. The molecule has 1 aromatic rings. The highest BCUT2D eigenvalue weighted by Gasteiger charge is 2.50. The first-order valence-corrected chi connectivity index (χ1v) is 9.81. The van der Waals surface area contributed by atoms with E-state index in [-0.39, 0.29) is 12.0 Å². The zero-order valence-corrected chi connectivity index (χ0v) is 17.3. The fourth-order valence-electron chi connectivity index (χ4n) is 4.42. The largest absolute Gasteiger partial charge is 0.496 e. The van der Waals surface area contributed by atoms with Gasteiger partial charge >= 0.3 is 5.97 Å². The smallest absolute Gasteiger partial charge is 0.307 e. The van der Waals surface area contributed by atoms with Crippen LogP contribution < -0.4 is 10.1 Å². The Kier molecular flexibility index (Phi) is 5.79. The summed E-state index contributed by atoms with van der Waals surface area (Å²) in [6.45, 7) is 5.40. The average Bonchev–Trinajstić information content (AvgIpc) is 2.92. The minimum absolute atomic E-state index is 0.158. The van der Waals surface area contributed by atoms with Gasteiger partial charge in [0.05, 0.1) is 24.3 Å². The number of hydrogen-bond acceptors (Lipinski definition) is 5. The molecule has 0 atom stereocenters. The molecule has 1 N–H and O–H groups in total. The Balaban J connectivity index is 2.20. The summed E-state index contributed by atoms with van der Waals surface area (Å²) in [4.78, 5) is 25.1. The van der Waals surface area contributed by atoms with Gasteiger partial charge in [-0.15, -0.1) is 0 Å². The third kappa shape index (κ3) is 3.53. The fourth-order valence-corrected chi connectivity index (χ4v) is 4.42. The van der Waals surface area contributed by atoms with Crippen molar-refractivity contribution in [2.45, 2.75) is 64.5 Å². The van der Waals surface area contributed by atoms with Gasteiger partial charge in [0.2, 0.25) is 0 Å². The number of aryl methyl sites for hydroxylation is 2. The molecule has 1 saturated carbocycles. The molecule has 0 aromatic heterocycles. The number of carbonyl (C=O) groups is 2. The Labute approximate surface area is 166 Å². The number of hydrogen-bond donors (Lipinski definition) is 1. The molecule has 0 radical (unpaired) electrons. The topological polar surface area (TPSA) is 73.9 Å². The second-order valence-electron chi connectivity index (χ2n) is 7.62. The van der Waals surface area contributed by atoms with Crippen LogP contribution in [0, 0.1) is 6.92 Å². The van der Waals surface area contributed by atoms with Crippen molar-refractivity contribution in [2.24, 2.45) is 0 Å². The van der Waals surface area contributed by atoms with Gasteiger partial charge in [-0.3, -0.25) is 9.59 Å². The lowest BCUT2D eigenvalue weighted by molar-refractivity contribution is -0.138. The van der Waals surface area contributed by atoms with E-state index >= 15 is 0 Å². The summed E-state index contributed by atoms with van der Waals surface area (Å²) < 4.78 is 16.8. The van der Waals surface area contributed by atoms with E-state index in [0.717, 1.165) is 36.0 Å². The van der Waals surface area contributed by atoms with Gasteiger partial charge in [-0.05, 0) is 56.2 Å². The Morgan fingerprint density at radius 2 is 1.93 bits per heavy atom. The minimum atomic E-state index is -0.673. The van der Waals surface area contributed by atoms with Crippen molar-refractivity contribution in [1.82, 2.24) is 5.32 Å². The summed E-state index contributed by atoms with van der Waals surface area (Å²) in [7, 11) is 3.30. The molecule has 1 aromatic carbocycles. The highest BCUT2D eigenvalue weighted by Crippen LogP contribution is 2.46. The molecular formula is C22H29NO5. The van der Waals surface area contributed by atoms with Crippen molar-refractivity contribution in [3.8, 4) is 5.75 Å². The SMILES string of the molecule is CCc1cc(C)cc(OC)c1C1=C(OC(C)=O)C2(CCC(OC)CC2)NC1=O. The second-order valence-corrected chi connectivity index (χ2v) is 7.62. The van der Waals surface area contributed by atoms with Crippen LogP contribution in [-0.4, -0.2) is 37.7 Å². The molecule has 152 valence electrons. The molecule has 6 heteroatoms. The lowest BCUT2D eigenvalue weighted by Crippen LogP contribution is -2.49. The standard InChI is InChI=1S/C22H29NO5/c1-6-15-11-13(2)12-17(27-5)18(15)19-20(28-14(3)24)22(23-21(19)25)9-7-16(26-4)8-10-22/h11-12,16H,6-10H2,1-5H3,(H,23,25). The number of rotatable bonds is 5. The zero-order valence-electron chi connectivity index (χ0n) is 17.3. The lowest BCUT2D eigenvalue weighted by Gasteiger charge is -2.37. The normalized spacial score (nSPS) is 24.5. The Hall–Kier alpha value is -2.34. The molecular weight excluding hydrogens is 358 g/mol. The first-order valence-electron chi connectivity index (χ1n) is 9.81. The van der Waals surface area contributed by atoms with E-state index in [2.05, 4.69) is 11.4 Å². The Bertz CT molecular complexity index is 793. The molecule has 2 aliphatic rings. The lowest BCUT2D eigenvalue weighted by atomic mass is 9.79. The molecule has 1 amide bonds. The van der Waals surface area contributed by atoms with E-state index < -0.39 is 11.5 Å². The van der Waals surface area contributed by atoms with Gasteiger partial charge in [-0.25, -0.2) is 0 Å². The number of carbonyl (C=O) groups excluding carboxylic acids is 2. The molecule has 0 saturated heterocycles. The van der Waals surface area contributed by atoms with E-state index in [1.165, 1.54) is 6.92 Å². The third-order valence-corrected chi connectivity index (χ3v) is 5.79. The van der Waals surface area contributed by atoms with Gasteiger partial charge in [0.1, 0.15) is 11.5 Å². The van der Waals surface area contributed by atoms with Crippen LogP contribution in [0.1, 0.15) is 56.2 Å². The Morgan fingerprint density at radius 3 is 2.46 bits per heavy atom. The van der Waals surface area contributed by atoms with E-state index in [0.29, 0.717) is 29.9 Å². The summed E-state index contributed by atoms with van der Waals surface area (Å²) in [5.41, 5.74) is 2.51. The number of benzene rings is 1. The summed E-state index contributed by atoms with van der Waals surface area (Å²) in [6.07, 6.45) is 3.81. The predicted molar refractivity (Wildman–Crippen MR) is 106 cm³/mol. The first-order chi connectivity index (χ1) is 13.3. The van der Waals surface area contributed by atoms with Crippen LogP contribution >= 0.6 is 0 Å². The summed E-state index contributed by atoms with van der Waals surface area (Å²) in [5, 5.41) is 3.13. The van der Waals surface area contributed by atoms with E-state index in [1.54, 1.807) is 14.2 Å². The van der Waals surface area contributed by atoms with Crippen LogP contribution in [0.25, 0.3) is 5.57 Å². The maximum Gasteiger partial charge on any atom is 0.307 e. The monoisotopic (exact) mass is 387 g/mol. The third-order valence-electron chi connectivity index (χ3n) is 5.79. The average molecular weight is 387 g/mol. The predicted octanol–water partition coefficient (Wildman–Crippen LogP) is 3.30. The molecule has 1 heterocycles. The van der Waals surface area contributed by atoms with Gasteiger partial charge in [-0.2, -0.15) is 0 Å². The summed E-state index contributed by atoms with van der Waals surface area (Å²) in [6, 6.07) is 3.96. The number of ether oxygens (including phenoxy) is 3. The molecule has 6 nitrogen and oxygen atoms in total. The summed E-state index contributed by atoms with van der Waals surface area (Å²) in [5.74, 6) is 0.399. The van der Waals surface area contributed by atoms with Crippen LogP contribution in [0.3, 0.4) is 0 Å². The molecule has 0 unspecified atom stereocenters. The van der Waals surface area contributed by atoms with Crippen LogP contribution in [0.15, 0.2) is 17.9 Å². The van der Waals surface area contributed by atoms with Gasteiger partial charge in [0.25, 0.3) is 5.91 Å². The molecule has 28 heavy (non-hydrogen) atoms. The van der Waals surface area contributed by atoms with Gasteiger partial charge in [-0.1, -0.05) is 13.0 Å². The fraction of sp³-hybridized carbons (Fsp3) is 0.545. The van der Waals surface area contributed by atoms with Crippen LogP contribution in [-0.2, 0) is 25.5 Å². The van der Waals surface area contributed by atoms with Crippen LogP contribution in [0.2, 0.25) is 0 Å². The van der Waals surface area contributed by atoms with Crippen molar-refractivity contribution in [3.05, 3.63) is 34.6 Å². The zero-order chi connectivity index (χ0) is 20.5. The van der Waals surface area contributed by atoms with Gasteiger partial charge in [0.15, 0.2) is 0 Å². The van der Waals surface area contributed by atoms with Gasteiger partial charge < -0.3 is 19.5 Å². The summed E-state index contributed by atoms with van der Waals surface area (Å²) >= 11 is 0. The van der Waals surface area contributed by atoms with E-state index in [1.807, 2.05) is 19.9 Å². The van der Waals surface area contributed by atoms with Crippen molar-refractivity contribution in [1.29, 1.82) is 0 Å². The molecule has 1 spiro atoms. The highest BCUT2D eigenvalue weighted by atomic mass is 16.5. The Morgan fingerprint density at radius 1 is 1.25 bits per heavy atom. The maximum absolute atomic E-state index is 13.2. The van der Waals surface area contributed by atoms with Crippen molar-refractivity contribution in [2.75, 3.05) is 14.2 Å². The number of nitrogens with one attached hydrogen (secondary N) is 1. The second kappa shape index (κ2) is 7.95. The molecule has 1 fully saturated rings. The van der Waals surface area contributed by atoms with Crippen molar-refractivity contribution < 1.29 is 23.8 Å². The quantitative estimate of drug-likeness (QED) is 0.785. The van der Waals surface area contributed by atoms with Crippen LogP contribution in [0.5, 0.6) is 5.75 Å². The van der Waals surface area contributed by atoms with Gasteiger partial charge in [0, 0.05) is 19.6 Å². The van der Waals surface area contributed by atoms with Crippen molar-refractivity contribution in [3.63, 3.8) is 0 Å². The molecule has 0 bridgehead atoms. The highest BCUT2D eigenvalue weighted by molar-refractivity contribution is 6.24. The number of methoxy groups -OCH3 is 2. The van der Waals surface area contributed by atoms with E-state index in [4.69, 9.17) is 14.2 Å². The first kappa shape index (κ1) is 20.4. The van der Waals surface area contributed by atoms with Crippen molar-refractivity contribution >= 4 is 17.4 Å². The molecule has 1 aliphatic carbocycles.